The van der Waals surface area contributed by atoms with E-state index in [0.717, 1.165) is 27.8 Å². The van der Waals surface area contributed by atoms with Crippen molar-refractivity contribution in [1.82, 2.24) is 9.97 Å². The number of nitrogens with one attached hydrogen (secondary N) is 1. The fourth-order valence-electron chi connectivity index (χ4n) is 3.20. The normalized spacial score (nSPS) is 18.3. The molecule has 128 valence electrons. The fraction of sp³-hybridized carbons (Fsp3) is 0.278. The van der Waals surface area contributed by atoms with E-state index in [-0.39, 0.29) is 5.92 Å². The molecule has 2 unspecified atom stereocenters. The quantitative estimate of drug-likeness (QED) is 0.735. The van der Waals surface area contributed by atoms with E-state index in [1.807, 2.05) is 18.2 Å². The van der Waals surface area contributed by atoms with Crippen LogP contribution < -0.4 is 11.1 Å². The van der Waals surface area contributed by atoms with Gasteiger partial charge in [-0.25, -0.2) is 9.97 Å². The van der Waals surface area contributed by atoms with E-state index in [4.69, 9.17) is 10.5 Å². The number of nitrogens with two attached hydrogens (primary N) is 1. The Morgan fingerprint density at radius 2 is 2.16 bits per heavy atom. The van der Waals surface area contributed by atoms with Crippen LogP contribution in [0, 0.1) is 5.92 Å². The minimum absolute atomic E-state index is 0.0568. The molecule has 2 aromatic heterocycles. The highest BCUT2D eigenvalue weighted by Gasteiger charge is 2.31. The Morgan fingerprint density at radius 1 is 1.32 bits per heavy atom. The summed E-state index contributed by atoms with van der Waals surface area (Å²) in [5, 5.41) is 6.25. The summed E-state index contributed by atoms with van der Waals surface area (Å²) < 4.78 is 5.41. The van der Waals surface area contributed by atoms with Crippen molar-refractivity contribution in [1.29, 1.82) is 0 Å². The number of hydrogen-bond acceptors (Lipinski definition) is 6. The maximum atomic E-state index is 12.0. The van der Waals surface area contributed by atoms with E-state index in [9.17, 15) is 4.79 Å². The van der Waals surface area contributed by atoms with Crippen LogP contribution in [0.4, 0.5) is 5.82 Å². The zero-order valence-corrected chi connectivity index (χ0v) is 14.3. The molecule has 1 aliphatic heterocycles. The lowest BCUT2D eigenvalue weighted by molar-refractivity contribution is -0.119. The molecule has 25 heavy (non-hydrogen) atoms. The molecule has 7 heteroatoms. The molecule has 6 nitrogen and oxygen atoms in total. The number of nitrogens with zero attached hydrogens (tertiary/aromatic N) is 2. The van der Waals surface area contributed by atoms with E-state index >= 15 is 0 Å². The number of anilines is 1. The summed E-state index contributed by atoms with van der Waals surface area (Å²) >= 11 is 1.56. The molecule has 0 radical (unpaired) electrons. The second-order valence-corrected chi connectivity index (χ2v) is 6.92. The Balaban J connectivity index is 1.76. The Labute approximate surface area is 149 Å². The highest BCUT2D eigenvalue weighted by atomic mass is 32.1. The second kappa shape index (κ2) is 6.78. The average molecular weight is 354 g/mol. The first-order valence-corrected chi connectivity index (χ1v) is 9.03. The lowest BCUT2D eigenvalue weighted by Crippen LogP contribution is -2.42. The number of ether oxygens (including phenoxy) is 1. The van der Waals surface area contributed by atoms with Gasteiger partial charge < -0.3 is 15.8 Å². The van der Waals surface area contributed by atoms with Crippen molar-refractivity contribution in [3.05, 3.63) is 42.0 Å². The van der Waals surface area contributed by atoms with Crippen molar-refractivity contribution in [3.63, 3.8) is 0 Å². The number of fused-ring (bicyclic) bond motifs is 1. The van der Waals surface area contributed by atoms with Gasteiger partial charge in [0, 0.05) is 23.5 Å². The molecule has 0 bridgehead atoms. The van der Waals surface area contributed by atoms with Gasteiger partial charge in [-0.15, -0.1) is 11.3 Å². The molecular formula is C18H18N4O2S. The topological polar surface area (TPSA) is 90.1 Å². The summed E-state index contributed by atoms with van der Waals surface area (Å²) in [6, 6.07) is 9.57. The van der Waals surface area contributed by atoms with E-state index in [2.05, 4.69) is 32.8 Å². The third kappa shape index (κ3) is 3.08. The number of hydrogen-bond donors (Lipinski definition) is 2. The van der Waals surface area contributed by atoms with Gasteiger partial charge in [0.2, 0.25) is 5.91 Å². The van der Waals surface area contributed by atoms with Crippen LogP contribution in [0.3, 0.4) is 0 Å². The van der Waals surface area contributed by atoms with Gasteiger partial charge in [0.1, 0.15) is 23.0 Å². The molecule has 1 aromatic carbocycles. The Morgan fingerprint density at radius 3 is 2.88 bits per heavy atom. The molecule has 3 aromatic rings. The monoisotopic (exact) mass is 354 g/mol. The maximum Gasteiger partial charge on any atom is 0.240 e. The second-order valence-electron chi connectivity index (χ2n) is 6.07. The van der Waals surface area contributed by atoms with Crippen LogP contribution in [0.1, 0.15) is 6.42 Å². The minimum Gasteiger partial charge on any atom is -0.381 e. The first-order valence-electron chi connectivity index (χ1n) is 8.15. The van der Waals surface area contributed by atoms with Gasteiger partial charge in [0.05, 0.1) is 12.0 Å². The molecule has 2 atom stereocenters. The van der Waals surface area contributed by atoms with Gasteiger partial charge in [-0.1, -0.05) is 30.3 Å². The molecule has 3 N–H and O–H groups in total. The van der Waals surface area contributed by atoms with Crippen LogP contribution >= 0.6 is 11.3 Å². The summed E-state index contributed by atoms with van der Waals surface area (Å²) in [6.07, 6.45) is 2.32. The molecular weight excluding hydrogens is 336 g/mol. The highest BCUT2D eigenvalue weighted by Crippen LogP contribution is 2.37. The summed E-state index contributed by atoms with van der Waals surface area (Å²) in [7, 11) is 0. The predicted molar refractivity (Wildman–Crippen MR) is 98.4 cm³/mol. The molecule has 0 saturated carbocycles. The first kappa shape index (κ1) is 16.0. The Hall–Kier alpha value is -2.51. The molecule has 0 spiro atoms. The van der Waals surface area contributed by atoms with Gasteiger partial charge >= 0.3 is 0 Å². The molecule has 0 aliphatic carbocycles. The summed E-state index contributed by atoms with van der Waals surface area (Å²) in [5.41, 5.74) is 7.77. The van der Waals surface area contributed by atoms with Crippen molar-refractivity contribution < 1.29 is 9.53 Å². The predicted octanol–water partition coefficient (Wildman–Crippen LogP) is 2.66. The first-order chi connectivity index (χ1) is 12.2. The van der Waals surface area contributed by atoms with Crippen LogP contribution in [0.2, 0.25) is 0 Å². The number of amides is 1. The van der Waals surface area contributed by atoms with Gasteiger partial charge in [0.25, 0.3) is 0 Å². The number of rotatable bonds is 5. The molecule has 1 saturated heterocycles. The van der Waals surface area contributed by atoms with E-state index in [1.165, 1.54) is 6.33 Å². The summed E-state index contributed by atoms with van der Waals surface area (Å²) in [5.74, 6) is 0.306. The van der Waals surface area contributed by atoms with Crippen LogP contribution in [0.25, 0.3) is 21.3 Å². The number of primary amides is 1. The lowest BCUT2D eigenvalue weighted by atomic mass is 9.98. The van der Waals surface area contributed by atoms with Crippen molar-refractivity contribution in [2.45, 2.75) is 12.5 Å². The molecule has 4 rings (SSSR count). The average Bonchev–Trinajstić information content (AvgIpc) is 3.30. The smallest absolute Gasteiger partial charge is 0.240 e. The van der Waals surface area contributed by atoms with Gasteiger partial charge in [-0.05, 0) is 12.0 Å². The van der Waals surface area contributed by atoms with E-state index in [0.29, 0.717) is 19.0 Å². The number of aromatic nitrogens is 2. The minimum atomic E-state index is -0.510. The molecule has 1 amide bonds. The number of carbonyl (C=O) groups excluding carboxylic acids is 1. The summed E-state index contributed by atoms with van der Waals surface area (Å²) in [4.78, 5) is 21.6. The van der Waals surface area contributed by atoms with E-state index in [1.54, 1.807) is 11.3 Å². The third-order valence-corrected chi connectivity index (χ3v) is 5.38. The Bertz CT molecular complexity index is 890. The van der Waals surface area contributed by atoms with Crippen LogP contribution in [0.15, 0.2) is 42.0 Å². The van der Waals surface area contributed by atoms with Crippen LogP contribution in [-0.4, -0.2) is 35.1 Å². The van der Waals surface area contributed by atoms with Gasteiger partial charge in [0.15, 0.2) is 0 Å². The molecule has 3 heterocycles. The highest BCUT2D eigenvalue weighted by molar-refractivity contribution is 7.17. The van der Waals surface area contributed by atoms with Crippen molar-refractivity contribution >= 4 is 33.3 Å². The van der Waals surface area contributed by atoms with Crippen molar-refractivity contribution in [2.24, 2.45) is 11.7 Å². The maximum absolute atomic E-state index is 12.0. The van der Waals surface area contributed by atoms with Gasteiger partial charge in [-0.2, -0.15) is 0 Å². The zero-order valence-electron chi connectivity index (χ0n) is 13.5. The SMILES string of the molecule is NC(=O)C(Nc1ncnc2scc(-c3ccccc3)c12)C1CCOC1. The summed E-state index contributed by atoms with van der Waals surface area (Å²) in [6.45, 7) is 1.19. The number of benzene rings is 1. The molecule has 1 fully saturated rings. The lowest BCUT2D eigenvalue weighted by Gasteiger charge is -2.21. The van der Waals surface area contributed by atoms with Crippen molar-refractivity contribution in [2.75, 3.05) is 18.5 Å². The standard InChI is InChI=1S/C18H18N4O2S/c19-16(23)15(12-6-7-24-8-12)22-17-14-13(11-4-2-1-3-5-11)9-25-18(14)21-10-20-17/h1-5,9-10,12,15H,6-8H2,(H2,19,23)(H,20,21,22). The molecule has 1 aliphatic rings. The largest absolute Gasteiger partial charge is 0.381 e. The zero-order chi connectivity index (χ0) is 17.2. The fourth-order valence-corrected chi connectivity index (χ4v) is 4.11. The third-order valence-electron chi connectivity index (χ3n) is 4.49. The van der Waals surface area contributed by atoms with Gasteiger partial charge in [-0.3, -0.25) is 4.79 Å². The van der Waals surface area contributed by atoms with Crippen LogP contribution in [-0.2, 0) is 9.53 Å². The van der Waals surface area contributed by atoms with Crippen molar-refractivity contribution in [3.8, 4) is 11.1 Å². The number of thiophene rings is 1. The Kier molecular flexibility index (Phi) is 4.33. The van der Waals surface area contributed by atoms with E-state index < -0.39 is 11.9 Å². The van der Waals surface area contributed by atoms with Crippen LogP contribution in [0.5, 0.6) is 0 Å². The number of carbonyl (C=O) groups is 1.